The summed E-state index contributed by atoms with van der Waals surface area (Å²) < 4.78 is 6.13. The van der Waals surface area contributed by atoms with Crippen LogP contribution in [-0.4, -0.2) is 68.3 Å². The van der Waals surface area contributed by atoms with Crippen LogP contribution in [0, 0.1) is 0 Å². The minimum absolute atomic E-state index is 0.0333. The fraction of sp³-hybridized carbons (Fsp3) is 0.192. The molecule has 0 spiro atoms. The van der Waals surface area contributed by atoms with Crippen molar-refractivity contribution in [2.45, 2.75) is 12.5 Å². The van der Waals surface area contributed by atoms with Crippen molar-refractivity contribution in [3.8, 4) is 16.9 Å². The number of nitrogens with zero attached hydrogens (tertiary/aromatic N) is 5. The van der Waals surface area contributed by atoms with Crippen molar-refractivity contribution in [3.05, 3.63) is 71.4 Å². The first-order valence-corrected chi connectivity index (χ1v) is 12.8. The Bertz CT molecular complexity index is 1600. The van der Waals surface area contributed by atoms with Crippen molar-refractivity contribution < 1.29 is 19.1 Å². The minimum atomic E-state index is -0.740. The zero-order chi connectivity index (χ0) is 28.8. The fourth-order valence-corrected chi connectivity index (χ4v) is 4.40. The summed E-state index contributed by atoms with van der Waals surface area (Å²) in [5.74, 6) is -0.315. The number of nitrogens with one attached hydrogen (secondary N) is 5. The summed E-state index contributed by atoms with van der Waals surface area (Å²) in [5.41, 5.74) is 3.91. The third-order valence-corrected chi connectivity index (χ3v) is 6.37. The van der Waals surface area contributed by atoms with Crippen LogP contribution < -0.4 is 21.3 Å². The van der Waals surface area contributed by atoms with Gasteiger partial charge in [0, 0.05) is 46.7 Å². The Morgan fingerprint density at radius 1 is 1.17 bits per heavy atom. The Hall–Kier alpha value is -5.24. The van der Waals surface area contributed by atoms with E-state index in [4.69, 9.17) is 11.6 Å². The van der Waals surface area contributed by atoms with Gasteiger partial charge in [-0.25, -0.2) is 9.78 Å². The molecule has 4 aromatic rings. The normalized spacial score (nSPS) is 15.1. The van der Waals surface area contributed by atoms with Crippen molar-refractivity contribution in [2.75, 3.05) is 30.8 Å². The molecule has 0 saturated carbocycles. The van der Waals surface area contributed by atoms with E-state index in [1.54, 1.807) is 42.6 Å². The van der Waals surface area contributed by atoms with Crippen molar-refractivity contribution in [1.82, 2.24) is 40.8 Å². The van der Waals surface area contributed by atoms with E-state index in [1.165, 1.54) is 24.2 Å². The topological polar surface area (TPSA) is 181 Å². The summed E-state index contributed by atoms with van der Waals surface area (Å²) in [6, 6.07) is 9.67. The maximum absolute atomic E-state index is 13.0. The van der Waals surface area contributed by atoms with E-state index in [0.29, 0.717) is 52.3 Å². The van der Waals surface area contributed by atoms with E-state index >= 15 is 0 Å². The van der Waals surface area contributed by atoms with Gasteiger partial charge in [-0.15, -0.1) is 5.10 Å². The molecule has 0 saturated heterocycles. The molecule has 2 bridgehead atoms. The molecule has 3 amide bonds. The first kappa shape index (κ1) is 27.3. The van der Waals surface area contributed by atoms with Gasteiger partial charge >= 0.3 is 6.09 Å². The van der Waals surface area contributed by atoms with Gasteiger partial charge in [0.25, 0.3) is 0 Å². The van der Waals surface area contributed by atoms with Crippen LogP contribution in [0.4, 0.5) is 16.2 Å². The van der Waals surface area contributed by atoms with Gasteiger partial charge in [-0.2, -0.15) is 4.68 Å². The molecular formula is C26H25ClN10O4. The molecule has 0 radical (unpaired) electrons. The second kappa shape index (κ2) is 12.3. The third kappa shape index (κ3) is 6.67. The zero-order valence-corrected chi connectivity index (χ0v) is 22.5. The van der Waals surface area contributed by atoms with Crippen LogP contribution in [0.25, 0.3) is 23.0 Å². The molecular weight excluding hydrogens is 552 g/mol. The fourth-order valence-electron chi connectivity index (χ4n) is 4.22. The Kier molecular flexibility index (Phi) is 8.20. The Morgan fingerprint density at radius 2 is 2.02 bits per heavy atom. The molecule has 41 heavy (non-hydrogen) atoms. The third-order valence-electron chi connectivity index (χ3n) is 6.14. The number of carbonyl (C=O) groups excluding carboxylic acids is 3. The van der Waals surface area contributed by atoms with Gasteiger partial charge in [0.15, 0.2) is 0 Å². The smallest absolute Gasteiger partial charge is 0.411 e. The number of amides is 3. The molecule has 0 aliphatic carbocycles. The average Bonchev–Trinajstić information content (AvgIpc) is 3.67. The van der Waals surface area contributed by atoms with E-state index < -0.39 is 18.0 Å². The Labute approximate surface area is 238 Å². The molecule has 5 N–H and O–H groups in total. The predicted molar refractivity (Wildman–Crippen MR) is 150 cm³/mol. The molecule has 14 nitrogen and oxygen atoms in total. The molecule has 0 unspecified atom stereocenters. The van der Waals surface area contributed by atoms with Gasteiger partial charge in [0.2, 0.25) is 11.8 Å². The molecule has 1 aliphatic heterocycles. The zero-order valence-electron chi connectivity index (χ0n) is 21.7. The monoisotopic (exact) mass is 576 g/mol. The first-order valence-electron chi connectivity index (χ1n) is 12.5. The maximum Gasteiger partial charge on any atom is 0.411 e. The largest absolute Gasteiger partial charge is 0.453 e. The predicted octanol–water partition coefficient (Wildman–Crippen LogP) is 2.69. The molecule has 5 rings (SSSR count). The van der Waals surface area contributed by atoms with Crippen molar-refractivity contribution in [2.24, 2.45) is 0 Å². The molecule has 2 aromatic carbocycles. The lowest BCUT2D eigenvalue weighted by molar-refractivity contribution is -0.122. The number of imidazole rings is 1. The quantitative estimate of drug-likeness (QED) is 0.223. The van der Waals surface area contributed by atoms with Gasteiger partial charge in [0.1, 0.15) is 12.2 Å². The second-order valence-electron chi connectivity index (χ2n) is 8.89. The molecule has 15 heteroatoms. The number of carbonyl (C=O) groups is 3. The number of fused-ring (bicyclic) bond motifs is 4. The molecule has 3 heterocycles. The van der Waals surface area contributed by atoms with Gasteiger partial charge in [0.05, 0.1) is 37.2 Å². The number of halogens is 1. The van der Waals surface area contributed by atoms with Crippen LogP contribution in [0.2, 0.25) is 5.02 Å². The average molecular weight is 577 g/mol. The number of ether oxygens (including phenoxy) is 1. The van der Waals surface area contributed by atoms with Crippen LogP contribution in [0.3, 0.4) is 0 Å². The van der Waals surface area contributed by atoms with Crippen LogP contribution in [-0.2, 0) is 14.3 Å². The number of aromatic nitrogens is 6. The van der Waals surface area contributed by atoms with Gasteiger partial charge in [-0.1, -0.05) is 11.6 Å². The lowest BCUT2D eigenvalue weighted by Crippen LogP contribution is -2.35. The summed E-state index contributed by atoms with van der Waals surface area (Å²) in [6.07, 6.45) is 5.36. The standard InChI is InChI=1S/C26H25ClN10O4/c1-41-26(40)32-17-4-5-18-19(11-17)28-8-9-29-24(39)12-20(25-30-13-21(18)34-25)33-23(38)7-2-15-10-16(27)3-6-22(15)37-14-31-35-36-37/h2-7,10-11,13-14,20,28H,8-9,12H2,1H3,(H,29,39)(H,30,34)(H,32,40)(H,33,38)/t20-/m0/s1. The van der Waals surface area contributed by atoms with Crippen molar-refractivity contribution in [1.29, 1.82) is 0 Å². The highest BCUT2D eigenvalue weighted by Gasteiger charge is 2.22. The van der Waals surface area contributed by atoms with Crippen LogP contribution in [0.1, 0.15) is 23.9 Å². The number of benzene rings is 2. The second-order valence-corrected chi connectivity index (χ2v) is 9.33. The summed E-state index contributed by atoms with van der Waals surface area (Å²) >= 11 is 6.17. The van der Waals surface area contributed by atoms with Crippen LogP contribution in [0.5, 0.6) is 0 Å². The Balaban J connectivity index is 1.39. The molecule has 2 aromatic heterocycles. The number of aromatic amines is 1. The summed E-state index contributed by atoms with van der Waals surface area (Å²) in [6.45, 7) is 0.756. The summed E-state index contributed by atoms with van der Waals surface area (Å²) in [4.78, 5) is 45.0. The lowest BCUT2D eigenvalue weighted by atomic mass is 10.1. The minimum Gasteiger partial charge on any atom is -0.453 e. The van der Waals surface area contributed by atoms with Gasteiger partial charge in [-0.3, -0.25) is 14.9 Å². The van der Waals surface area contributed by atoms with Crippen molar-refractivity contribution in [3.63, 3.8) is 0 Å². The molecule has 210 valence electrons. The van der Waals surface area contributed by atoms with E-state index in [0.717, 1.165) is 5.56 Å². The molecule has 1 atom stereocenters. The number of methoxy groups -OCH3 is 1. The molecule has 0 fully saturated rings. The van der Waals surface area contributed by atoms with E-state index in [-0.39, 0.29) is 12.3 Å². The van der Waals surface area contributed by atoms with Gasteiger partial charge < -0.3 is 25.7 Å². The van der Waals surface area contributed by atoms with Crippen LogP contribution in [0.15, 0.2) is 55.0 Å². The highest BCUT2D eigenvalue weighted by Crippen LogP contribution is 2.31. The number of tetrazole rings is 1. The van der Waals surface area contributed by atoms with Crippen LogP contribution >= 0.6 is 11.6 Å². The maximum atomic E-state index is 13.0. The summed E-state index contributed by atoms with van der Waals surface area (Å²) in [7, 11) is 1.28. The number of rotatable bonds is 5. The summed E-state index contributed by atoms with van der Waals surface area (Å²) in [5, 5.41) is 23.3. The number of anilines is 2. The van der Waals surface area contributed by atoms with E-state index in [1.807, 2.05) is 6.07 Å². The Morgan fingerprint density at radius 3 is 2.83 bits per heavy atom. The first-order chi connectivity index (χ1) is 19.9. The highest BCUT2D eigenvalue weighted by atomic mass is 35.5. The van der Waals surface area contributed by atoms with Gasteiger partial charge in [-0.05, 0) is 52.9 Å². The number of hydrogen-bond acceptors (Lipinski definition) is 9. The number of hydrogen-bond donors (Lipinski definition) is 5. The SMILES string of the molecule is COC(=O)Nc1ccc2c(c1)NCCNC(=O)C[C@H](NC(=O)C=Cc1cc(Cl)ccc1-n1cnnn1)c1ncc-2[nH]1. The lowest BCUT2D eigenvalue weighted by Gasteiger charge is -2.18. The van der Waals surface area contributed by atoms with E-state index in [9.17, 15) is 14.4 Å². The van der Waals surface area contributed by atoms with Crippen molar-refractivity contribution >= 4 is 47.0 Å². The number of H-pyrrole nitrogens is 1. The molecule has 1 aliphatic rings. The highest BCUT2D eigenvalue weighted by molar-refractivity contribution is 6.30. The van der Waals surface area contributed by atoms with E-state index in [2.05, 4.69) is 51.5 Å².